The summed E-state index contributed by atoms with van der Waals surface area (Å²) in [7, 11) is 2.98. The van der Waals surface area contributed by atoms with Crippen molar-refractivity contribution in [3.05, 3.63) is 94.5 Å². The lowest BCUT2D eigenvalue weighted by molar-refractivity contribution is 0.00584. The zero-order chi connectivity index (χ0) is 28.5. The highest BCUT2D eigenvalue weighted by Crippen LogP contribution is 2.26. The van der Waals surface area contributed by atoms with Crippen LogP contribution in [0.3, 0.4) is 0 Å². The SMILES string of the molecule is COC(=O)c1cccc(NC(=O)N2CCN(C[C@H](OCc3ccc(C#N)cc3)c3cccc(OC)c3)CC2)c1C. The van der Waals surface area contributed by atoms with Crippen LogP contribution in [0.2, 0.25) is 0 Å². The summed E-state index contributed by atoms with van der Waals surface area (Å²) in [6.45, 7) is 5.34. The van der Waals surface area contributed by atoms with Crippen LogP contribution >= 0.6 is 0 Å². The molecule has 1 saturated heterocycles. The number of nitrogens with one attached hydrogen (secondary N) is 1. The summed E-state index contributed by atoms with van der Waals surface area (Å²) in [5.74, 6) is 0.326. The Morgan fingerprint density at radius 1 is 1.00 bits per heavy atom. The van der Waals surface area contributed by atoms with Gasteiger partial charge in [-0.2, -0.15) is 5.26 Å². The van der Waals surface area contributed by atoms with Gasteiger partial charge in [-0.15, -0.1) is 0 Å². The first-order chi connectivity index (χ1) is 19.4. The molecule has 0 unspecified atom stereocenters. The van der Waals surface area contributed by atoms with Crippen molar-refractivity contribution in [1.29, 1.82) is 5.26 Å². The molecule has 0 bridgehead atoms. The van der Waals surface area contributed by atoms with E-state index in [9.17, 15) is 9.59 Å². The fourth-order valence-corrected chi connectivity index (χ4v) is 4.63. The van der Waals surface area contributed by atoms with Gasteiger partial charge in [0.15, 0.2) is 0 Å². The van der Waals surface area contributed by atoms with Crippen molar-refractivity contribution in [2.24, 2.45) is 0 Å². The van der Waals surface area contributed by atoms with Crippen molar-refractivity contribution in [2.75, 3.05) is 52.3 Å². The average molecular weight is 543 g/mol. The van der Waals surface area contributed by atoms with E-state index >= 15 is 0 Å². The van der Waals surface area contributed by atoms with E-state index in [1.165, 1.54) is 7.11 Å². The molecule has 208 valence electrons. The number of nitriles is 1. The monoisotopic (exact) mass is 542 g/mol. The fraction of sp³-hybridized carbons (Fsp3) is 0.323. The molecule has 1 fully saturated rings. The van der Waals surface area contributed by atoms with Gasteiger partial charge in [-0.3, -0.25) is 4.90 Å². The van der Waals surface area contributed by atoms with Gasteiger partial charge in [0, 0.05) is 38.4 Å². The van der Waals surface area contributed by atoms with Gasteiger partial charge in [0.05, 0.1) is 44.1 Å². The normalized spacial score (nSPS) is 14.2. The average Bonchev–Trinajstić information content (AvgIpc) is 3.00. The quantitative estimate of drug-likeness (QED) is 0.389. The van der Waals surface area contributed by atoms with Crippen LogP contribution in [-0.2, 0) is 16.1 Å². The van der Waals surface area contributed by atoms with Crippen LogP contribution in [0.4, 0.5) is 10.5 Å². The number of methoxy groups -OCH3 is 2. The zero-order valence-corrected chi connectivity index (χ0v) is 23.1. The van der Waals surface area contributed by atoms with Gasteiger partial charge in [0.25, 0.3) is 0 Å². The highest BCUT2D eigenvalue weighted by Gasteiger charge is 2.25. The van der Waals surface area contributed by atoms with E-state index in [0.29, 0.717) is 61.7 Å². The summed E-state index contributed by atoms with van der Waals surface area (Å²) >= 11 is 0. The number of piperazine rings is 1. The maximum absolute atomic E-state index is 13.0. The predicted octanol–water partition coefficient (Wildman–Crippen LogP) is 4.77. The van der Waals surface area contributed by atoms with Crippen molar-refractivity contribution in [3.8, 4) is 11.8 Å². The molecule has 1 aliphatic heterocycles. The number of carbonyl (C=O) groups excluding carboxylic acids is 2. The van der Waals surface area contributed by atoms with Gasteiger partial charge < -0.3 is 24.4 Å². The van der Waals surface area contributed by atoms with E-state index in [1.54, 1.807) is 49.3 Å². The number of ether oxygens (including phenoxy) is 3. The number of amides is 2. The van der Waals surface area contributed by atoms with E-state index in [0.717, 1.165) is 16.9 Å². The number of benzene rings is 3. The lowest BCUT2D eigenvalue weighted by Gasteiger charge is -2.36. The summed E-state index contributed by atoms with van der Waals surface area (Å²) in [5.41, 5.74) is 4.29. The van der Waals surface area contributed by atoms with E-state index in [1.807, 2.05) is 36.4 Å². The summed E-state index contributed by atoms with van der Waals surface area (Å²) in [6.07, 6.45) is -0.213. The minimum atomic E-state index is -0.436. The molecule has 40 heavy (non-hydrogen) atoms. The Kier molecular flexibility index (Phi) is 9.73. The van der Waals surface area contributed by atoms with Gasteiger partial charge in [0.2, 0.25) is 0 Å². The number of hydrogen-bond acceptors (Lipinski definition) is 7. The van der Waals surface area contributed by atoms with Crippen molar-refractivity contribution in [1.82, 2.24) is 9.80 Å². The molecule has 0 spiro atoms. The number of urea groups is 1. The van der Waals surface area contributed by atoms with Gasteiger partial charge in [-0.05, 0) is 60.0 Å². The second kappa shape index (κ2) is 13.6. The third kappa shape index (κ3) is 7.17. The molecule has 3 aromatic carbocycles. The molecule has 2 amide bonds. The van der Waals surface area contributed by atoms with Crippen LogP contribution < -0.4 is 10.1 Å². The van der Waals surface area contributed by atoms with Crippen LogP contribution in [0.15, 0.2) is 66.7 Å². The van der Waals surface area contributed by atoms with Gasteiger partial charge in [-0.25, -0.2) is 9.59 Å². The predicted molar refractivity (Wildman–Crippen MR) is 151 cm³/mol. The fourth-order valence-electron chi connectivity index (χ4n) is 4.63. The molecular weight excluding hydrogens is 508 g/mol. The molecule has 0 radical (unpaired) electrons. The van der Waals surface area contributed by atoms with E-state index in [4.69, 9.17) is 19.5 Å². The molecule has 0 aliphatic carbocycles. The Bertz CT molecular complexity index is 1360. The van der Waals surface area contributed by atoms with Crippen LogP contribution in [0.25, 0.3) is 0 Å². The first-order valence-electron chi connectivity index (χ1n) is 13.1. The van der Waals surface area contributed by atoms with E-state index in [2.05, 4.69) is 16.3 Å². The number of hydrogen-bond donors (Lipinski definition) is 1. The van der Waals surface area contributed by atoms with Gasteiger partial charge >= 0.3 is 12.0 Å². The zero-order valence-electron chi connectivity index (χ0n) is 23.1. The molecule has 9 heteroatoms. The Morgan fingerprint density at radius 3 is 2.40 bits per heavy atom. The molecule has 1 heterocycles. The molecular formula is C31H34N4O5. The molecule has 3 aromatic rings. The van der Waals surface area contributed by atoms with Crippen LogP contribution in [0.1, 0.15) is 38.7 Å². The highest BCUT2D eigenvalue weighted by atomic mass is 16.5. The summed E-state index contributed by atoms with van der Waals surface area (Å²) in [5, 5.41) is 12.0. The third-order valence-corrected chi connectivity index (χ3v) is 7.06. The third-order valence-electron chi connectivity index (χ3n) is 7.06. The number of anilines is 1. The maximum atomic E-state index is 13.0. The van der Waals surface area contributed by atoms with Crippen LogP contribution in [-0.4, -0.2) is 68.7 Å². The van der Waals surface area contributed by atoms with Crippen LogP contribution in [0, 0.1) is 18.3 Å². The van der Waals surface area contributed by atoms with E-state index < -0.39 is 5.97 Å². The Labute approximate surface area is 234 Å². The van der Waals surface area contributed by atoms with Gasteiger partial charge in [0.1, 0.15) is 5.75 Å². The first kappa shape index (κ1) is 28.6. The summed E-state index contributed by atoms with van der Waals surface area (Å²) < 4.78 is 16.7. The molecule has 1 N–H and O–H groups in total. The van der Waals surface area contributed by atoms with E-state index in [-0.39, 0.29) is 12.1 Å². The molecule has 4 rings (SSSR count). The first-order valence-corrected chi connectivity index (χ1v) is 13.1. The second-order valence-corrected chi connectivity index (χ2v) is 9.57. The minimum absolute atomic E-state index is 0.203. The Balaban J connectivity index is 1.38. The van der Waals surface area contributed by atoms with Crippen LogP contribution in [0.5, 0.6) is 5.75 Å². The number of esters is 1. The second-order valence-electron chi connectivity index (χ2n) is 9.57. The van der Waals surface area contributed by atoms with Gasteiger partial charge in [-0.1, -0.05) is 30.3 Å². The minimum Gasteiger partial charge on any atom is -0.497 e. The topological polar surface area (TPSA) is 104 Å². The molecule has 0 saturated carbocycles. The number of nitrogens with zero attached hydrogens (tertiary/aromatic N) is 3. The highest BCUT2D eigenvalue weighted by molar-refractivity contribution is 5.96. The molecule has 1 atom stereocenters. The molecule has 1 aliphatic rings. The van der Waals surface area contributed by atoms with Crippen molar-refractivity contribution in [2.45, 2.75) is 19.6 Å². The largest absolute Gasteiger partial charge is 0.497 e. The lowest BCUT2D eigenvalue weighted by Crippen LogP contribution is -2.50. The maximum Gasteiger partial charge on any atom is 0.338 e. The Morgan fingerprint density at radius 2 is 1.73 bits per heavy atom. The Hall–Kier alpha value is -4.39. The van der Waals surface area contributed by atoms with Crippen molar-refractivity contribution < 1.29 is 23.8 Å². The summed E-state index contributed by atoms with van der Waals surface area (Å²) in [6, 6.07) is 22.4. The lowest BCUT2D eigenvalue weighted by atomic mass is 10.1. The molecule has 9 nitrogen and oxygen atoms in total. The summed E-state index contributed by atoms with van der Waals surface area (Å²) in [4.78, 5) is 29.1. The standard InChI is InChI=1S/C31H34N4O5/c1-22-27(30(36)39-3)8-5-9-28(22)33-31(37)35-16-14-34(15-17-35)20-29(25-6-4-7-26(18-25)38-2)40-21-24-12-10-23(19-32)11-13-24/h4-13,18,29H,14-17,20-21H2,1-3H3,(H,33,37)/t29-/m0/s1. The van der Waals surface area contributed by atoms with Crippen molar-refractivity contribution >= 4 is 17.7 Å². The smallest absolute Gasteiger partial charge is 0.338 e. The van der Waals surface area contributed by atoms with Crippen molar-refractivity contribution in [3.63, 3.8) is 0 Å². The number of rotatable bonds is 9. The number of carbonyl (C=O) groups is 2. The molecule has 0 aromatic heterocycles.